The van der Waals surface area contributed by atoms with Crippen molar-refractivity contribution in [3.05, 3.63) is 52.4 Å². The minimum absolute atomic E-state index is 0.110. The van der Waals surface area contributed by atoms with Gasteiger partial charge in [-0.3, -0.25) is 0 Å². The van der Waals surface area contributed by atoms with Crippen molar-refractivity contribution in [1.82, 2.24) is 0 Å². The van der Waals surface area contributed by atoms with Gasteiger partial charge in [0.15, 0.2) is 0 Å². The smallest absolute Gasteiger partial charge is 0.147 e. The van der Waals surface area contributed by atoms with Gasteiger partial charge in [-0.2, -0.15) is 0 Å². The predicted octanol–water partition coefficient (Wildman–Crippen LogP) is 3.93. The standard InChI is InChI=1S/C11H8BrF2NO/c12-8-3-10(14)11(4-9(8)13)15-5-7-1-2-16-6-7/h1-4,6,15H,5H2. The monoisotopic (exact) mass is 287 g/mol. The lowest BCUT2D eigenvalue weighted by Crippen LogP contribution is -2.01. The molecule has 2 rings (SSSR count). The molecule has 2 aromatic rings. The van der Waals surface area contributed by atoms with Crippen LogP contribution in [0.5, 0.6) is 0 Å². The number of hydrogen-bond acceptors (Lipinski definition) is 2. The number of halogens is 3. The van der Waals surface area contributed by atoms with Gasteiger partial charge in [-0.25, -0.2) is 8.78 Å². The van der Waals surface area contributed by atoms with Gasteiger partial charge in [0.25, 0.3) is 0 Å². The first-order valence-electron chi connectivity index (χ1n) is 4.56. The molecule has 16 heavy (non-hydrogen) atoms. The molecule has 1 heterocycles. The Labute approximate surface area is 99.4 Å². The lowest BCUT2D eigenvalue weighted by Gasteiger charge is -2.07. The first-order valence-corrected chi connectivity index (χ1v) is 5.35. The number of benzene rings is 1. The number of rotatable bonds is 3. The Morgan fingerprint density at radius 1 is 1.25 bits per heavy atom. The van der Waals surface area contributed by atoms with Crippen LogP contribution in [0, 0.1) is 11.6 Å². The summed E-state index contributed by atoms with van der Waals surface area (Å²) in [4.78, 5) is 0. The van der Waals surface area contributed by atoms with E-state index in [1.54, 1.807) is 12.3 Å². The highest BCUT2D eigenvalue weighted by Gasteiger charge is 2.07. The zero-order valence-electron chi connectivity index (χ0n) is 8.14. The summed E-state index contributed by atoms with van der Waals surface area (Å²) in [6, 6.07) is 3.95. The first-order chi connectivity index (χ1) is 7.66. The van der Waals surface area contributed by atoms with Crippen LogP contribution >= 0.6 is 15.9 Å². The SMILES string of the molecule is Fc1cc(NCc2ccoc2)c(F)cc1Br. The lowest BCUT2D eigenvalue weighted by molar-refractivity contribution is 0.564. The second-order valence-corrected chi connectivity index (χ2v) is 4.09. The van der Waals surface area contributed by atoms with E-state index in [-0.39, 0.29) is 10.2 Å². The molecular formula is C11H8BrF2NO. The summed E-state index contributed by atoms with van der Waals surface area (Å²) in [6.07, 6.45) is 3.07. The molecule has 0 fully saturated rings. The van der Waals surface area contributed by atoms with Gasteiger partial charge in [-0.1, -0.05) is 0 Å². The Kier molecular flexibility index (Phi) is 3.24. The van der Waals surface area contributed by atoms with Crippen LogP contribution in [0.4, 0.5) is 14.5 Å². The van der Waals surface area contributed by atoms with Crippen LogP contribution in [0.25, 0.3) is 0 Å². The molecule has 0 amide bonds. The van der Waals surface area contributed by atoms with Gasteiger partial charge in [0.05, 0.1) is 22.7 Å². The number of anilines is 1. The zero-order chi connectivity index (χ0) is 11.5. The van der Waals surface area contributed by atoms with Crippen molar-refractivity contribution in [1.29, 1.82) is 0 Å². The molecule has 1 aromatic carbocycles. The van der Waals surface area contributed by atoms with Gasteiger partial charge in [0.2, 0.25) is 0 Å². The molecule has 0 saturated carbocycles. The third kappa shape index (κ3) is 2.41. The van der Waals surface area contributed by atoms with Crippen molar-refractivity contribution in [3.8, 4) is 0 Å². The molecule has 0 radical (unpaired) electrons. The summed E-state index contributed by atoms with van der Waals surface area (Å²) in [5.41, 5.74) is 0.990. The Bertz CT molecular complexity index is 485. The molecule has 1 aromatic heterocycles. The fraction of sp³-hybridized carbons (Fsp3) is 0.0909. The van der Waals surface area contributed by atoms with E-state index < -0.39 is 11.6 Å². The average Bonchev–Trinajstić information content (AvgIpc) is 2.74. The van der Waals surface area contributed by atoms with Gasteiger partial charge < -0.3 is 9.73 Å². The molecule has 0 aliphatic carbocycles. The highest BCUT2D eigenvalue weighted by atomic mass is 79.9. The Morgan fingerprint density at radius 2 is 2.06 bits per heavy atom. The van der Waals surface area contributed by atoms with E-state index in [1.807, 2.05) is 0 Å². The molecular weight excluding hydrogens is 280 g/mol. The average molecular weight is 288 g/mol. The zero-order valence-corrected chi connectivity index (χ0v) is 9.72. The molecule has 0 bridgehead atoms. The van der Waals surface area contributed by atoms with Gasteiger partial charge in [0, 0.05) is 18.2 Å². The quantitative estimate of drug-likeness (QED) is 0.866. The summed E-state index contributed by atoms with van der Waals surface area (Å²) in [5, 5.41) is 2.79. The molecule has 0 aliphatic rings. The molecule has 0 saturated heterocycles. The molecule has 5 heteroatoms. The number of hydrogen-bond donors (Lipinski definition) is 1. The third-order valence-corrected chi connectivity index (χ3v) is 2.68. The topological polar surface area (TPSA) is 25.2 Å². The highest BCUT2D eigenvalue weighted by Crippen LogP contribution is 2.23. The molecule has 0 aliphatic heterocycles. The molecule has 1 N–H and O–H groups in total. The van der Waals surface area contributed by atoms with Crippen LogP contribution in [-0.2, 0) is 6.54 Å². The minimum Gasteiger partial charge on any atom is -0.472 e. The summed E-state index contributed by atoms with van der Waals surface area (Å²) in [7, 11) is 0. The maximum atomic E-state index is 13.4. The predicted molar refractivity (Wildman–Crippen MR) is 60.1 cm³/mol. The summed E-state index contributed by atoms with van der Waals surface area (Å²) in [6.45, 7) is 0.383. The summed E-state index contributed by atoms with van der Waals surface area (Å²) in [5.74, 6) is -1.01. The van der Waals surface area contributed by atoms with Crippen molar-refractivity contribution < 1.29 is 13.2 Å². The fourth-order valence-corrected chi connectivity index (χ4v) is 1.56. The molecule has 0 atom stereocenters. The largest absolute Gasteiger partial charge is 0.472 e. The third-order valence-electron chi connectivity index (χ3n) is 2.07. The summed E-state index contributed by atoms with van der Waals surface area (Å²) < 4.78 is 31.5. The van der Waals surface area contributed by atoms with Crippen LogP contribution in [0.15, 0.2) is 39.6 Å². The van der Waals surface area contributed by atoms with E-state index >= 15 is 0 Å². The van der Waals surface area contributed by atoms with Gasteiger partial charge in [-0.05, 0) is 28.1 Å². The van der Waals surface area contributed by atoms with Gasteiger partial charge >= 0.3 is 0 Å². The van der Waals surface area contributed by atoms with Crippen molar-refractivity contribution in [2.45, 2.75) is 6.54 Å². The van der Waals surface area contributed by atoms with Crippen molar-refractivity contribution in [2.24, 2.45) is 0 Å². The second-order valence-electron chi connectivity index (χ2n) is 3.23. The van der Waals surface area contributed by atoms with E-state index in [0.29, 0.717) is 6.54 Å². The van der Waals surface area contributed by atoms with Crippen LogP contribution in [0.2, 0.25) is 0 Å². The number of nitrogens with one attached hydrogen (secondary N) is 1. The van der Waals surface area contributed by atoms with Crippen molar-refractivity contribution >= 4 is 21.6 Å². The maximum Gasteiger partial charge on any atom is 0.147 e. The van der Waals surface area contributed by atoms with E-state index in [2.05, 4.69) is 21.2 Å². The lowest BCUT2D eigenvalue weighted by atomic mass is 10.2. The Balaban J connectivity index is 2.12. The van der Waals surface area contributed by atoms with Crippen LogP contribution in [0.1, 0.15) is 5.56 Å². The maximum absolute atomic E-state index is 13.4. The molecule has 0 spiro atoms. The summed E-state index contributed by atoms with van der Waals surface area (Å²) >= 11 is 2.91. The van der Waals surface area contributed by atoms with Crippen LogP contribution in [-0.4, -0.2) is 0 Å². The van der Waals surface area contributed by atoms with E-state index in [1.165, 1.54) is 6.26 Å². The van der Waals surface area contributed by atoms with Crippen molar-refractivity contribution in [2.75, 3.05) is 5.32 Å². The first kappa shape index (κ1) is 11.1. The minimum atomic E-state index is -0.504. The Hall–Kier alpha value is -1.36. The molecule has 2 nitrogen and oxygen atoms in total. The fourth-order valence-electron chi connectivity index (χ4n) is 1.25. The molecule has 0 unspecified atom stereocenters. The number of furan rings is 1. The Morgan fingerprint density at radius 3 is 2.75 bits per heavy atom. The van der Waals surface area contributed by atoms with E-state index in [4.69, 9.17) is 4.42 Å². The highest BCUT2D eigenvalue weighted by molar-refractivity contribution is 9.10. The van der Waals surface area contributed by atoms with E-state index in [0.717, 1.165) is 17.7 Å². The van der Waals surface area contributed by atoms with Gasteiger partial charge in [0.1, 0.15) is 11.6 Å². The van der Waals surface area contributed by atoms with Crippen LogP contribution in [0.3, 0.4) is 0 Å². The second kappa shape index (κ2) is 4.65. The van der Waals surface area contributed by atoms with Crippen molar-refractivity contribution in [3.63, 3.8) is 0 Å². The van der Waals surface area contributed by atoms with Crippen LogP contribution < -0.4 is 5.32 Å². The van der Waals surface area contributed by atoms with Gasteiger partial charge in [-0.15, -0.1) is 0 Å². The van der Waals surface area contributed by atoms with E-state index in [9.17, 15) is 8.78 Å². The normalized spacial score (nSPS) is 10.4. The molecule has 84 valence electrons.